The quantitative estimate of drug-likeness (QED) is 0.769. The van der Waals surface area contributed by atoms with Gasteiger partial charge in [0.15, 0.2) is 0 Å². The van der Waals surface area contributed by atoms with Crippen LogP contribution in [0.4, 0.5) is 4.39 Å². The second-order valence-corrected chi connectivity index (χ2v) is 4.92. The molecule has 1 atom stereocenters. The number of aliphatic hydroxyl groups is 1. The predicted octanol–water partition coefficient (Wildman–Crippen LogP) is 4.11. The van der Waals surface area contributed by atoms with Crippen LogP contribution in [0, 0.1) is 5.82 Å². The van der Waals surface area contributed by atoms with Crippen LogP contribution in [-0.2, 0) is 0 Å². The molecule has 2 aromatic carbocycles. The SMILES string of the molecule is OC(c1ccc(Cl)cc1F)c1ccnc2ccccc12. The summed E-state index contributed by atoms with van der Waals surface area (Å²) in [6, 6.07) is 13.4. The average molecular weight is 288 g/mol. The fourth-order valence-electron chi connectivity index (χ4n) is 2.25. The van der Waals surface area contributed by atoms with Gasteiger partial charge in [0.2, 0.25) is 0 Å². The van der Waals surface area contributed by atoms with E-state index in [1.54, 1.807) is 18.3 Å². The third-order valence-electron chi connectivity index (χ3n) is 3.23. The molecule has 0 spiro atoms. The lowest BCUT2D eigenvalue weighted by molar-refractivity contribution is 0.216. The highest BCUT2D eigenvalue weighted by Gasteiger charge is 2.17. The van der Waals surface area contributed by atoms with Gasteiger partial charge in [-0.25, -0.2) is 4.39 Å². The molecule has 1 heterocycles. The van der Waals surface area contributed by atoms with Gasteiger partial charge in [0.25, 0.3) is 0 Å². The highest BCUT2D eigenvalue weighted by atomic mass is 35.5. The van der Waals surface area contributed by atoms with Crippen molar-refractivity contribution in [3.05, 3.63) is 76.7 Å². The fourth-order valence-corrected chi connectivity index (χ4v) is 2.41. The Morgan fingerprint density at radius 3 is 2.65 bits per heavy atom. The fraction of sp³-hybridized carbons (Fsp3) is 0.0625. The number of hydrogen-bond donors (Lipinski definition) is 1. The Morgan fingerprint density at radius 1 is 1.05 bits per heavy atom. The van der Waals surface area contributed by atoms with E-state index in [0.29, 0.717) is 10.6 Å². The van der Waals surface area contributed by atoms with Crippen LogP contribution in [0.15, 0.2) is 54.7 Å². The number of rotatable bonds is 2. The molecule has 100 valence electrons. The molecule has 20 heavy (non-hydrogen) atoms. The van der Waals surface area contributed by atoms with E-state index in [4.69, 9.17) is 11.6 Å². The third-order valence-corrected chi connectivity index (χ3v) is 3.47. The van der Waals surface area contributed by atoms with E-state index >= 15 is 0 Å². The van der Waals surface area contributed by atoms with Crippen molar-refractivity contribution in [2.45, 2.75) is 6.10 Å². The van der Waals surface area contributed by atoms with Gasteiger partial charge in [-0.05, 0) is 29.8 Å². The Balaban J connectivity index is 2.15. The molecular weight excluding hydrogens is 277 g/mol. The molecule has 3 aromatic rings. The van der Waals surface area contributed by atoms with Crippen LogP contribution in [-0.4, -0.2) is 10.1 Å². The van der Waals surface area contributed by atoms with E-state index in [1.165, 1.54) is 12.1 Å². The van der Waals surface area contributed by atoms with Gasteiger partial charge in [-0.1, -0.05) is 35.9 Å². The molecule has 0 aliphatic heterocycles. The highest BCUT2D eigenvalue weighted by Crippen LogP contribution is 2.30. The molecular formula is C16H11ClFNO. The van der Waals surface area contributed by atoms with Gasteiger partial charge in [0.1, 0.15) is 11.9 Å². The van der Waals surface area contributed by atoms with Gasteiger partial charge in [-0.15, -0.1) is 0 Å². The van der Waals surface area contributed by atoms with Crippen molar-refractivity contribution in [2.24, 2.45) is 0 Å². The van der Waals surface area contributed by atoms with Crippen LogP contribution in [0.1, 0.15) is 17.2 Å². The Bertz CT molecular complexity index is 770. The maximum absolute atomic E-state index is 13.9. The summed E-state index contributed by atoms with van der Waals surface area (Å²) >= 11 is 5.73. The lowest BCUT2D eigenvalue weighted by Crippen LogP contribution is -2.03. The highest BCUT2D eigenvalue weighted by molar-refractivity contribution is 6.30. The number of aromatic nitrogens is 1. The maximum atomic E-state index is 13.9. The molecule has 3 rings (SSSR count). The molecule has 0 radical (unpaired) electrons. The van der Waals surface area contributed by atoms with Crippen molar-refractivity contribution in [1.82, 2.24) is 4.98 Å². The van der Waals surface area contributed by atoms with Crippen LogP contribution >= 0.6 is 11.6 Å². The van der Waals surface area contributed by atoms with Crippen molar-refractivity contribution < 1.29 is 9.50 Å². The van der Waals surface area contributed by atoms with Crippen molar-refractivity contribution >= 4 is 22.5 Å². The van der Waals surface area contributed by atoms with Crippen LogP contribution in [0.2, 0.25) is 5.02 Å². The van der Waals surface area contributed by atoms with E-state index < -0.39 is 11.9 Å². The molecule has 1 aromatic heterocycles. The summed E-state index contributed by atoms with van der Waals surface area (Å²) in [5.41, 5.74) is 1.58. The largest absolute Gasteiger partial charge is 0.384 e. The third kappa shape index (κ3) is 2.26. The first kappa shape index (κ1) is 13.0. The summed E-state index contributed by atoms with van der Waals surface area (Å²) < 4.78 is 13.9. The van der Waals surface area contributed by atoms with E-state index in [1.807, 2.05) is 24.3 Å². The van der Waals surface area contributed by atoms with Crippen molar-refractivity contribution in [3.63, 3.8) is 0 Å². The number of halogens is 2. The summed E-state index contributed by atoms with van der Waals surface area (Å²) in [5, 5.41) is 11.6. The summed E-state index contributed by atoms with van der Waals surface area (Å²) in [6.07, 6.45) is 0.550. The van der Waals surface area contributed by atoms with Gasteiger partial charge < -0.3 is 5.11 Å². The molecule has 1 N–H and O–H groups in total. The minimum absolute atomic E-state index is 0.200. The summed E-state index contributed by atoms with van der Waals surface area (Å²) in [5.74, 6) is -0.522. The molecule has 0 fully saturated rings. The Morgan fingerprint density at radius 2 is 1.85 bits per heavy atom. The second-order valence-electron chi connectivity index (χ2n) is 4.49. The van der Waals surface area contributed by atoms with E-state index in [9.17, 15) is 9.50 Å². The van der Waals surface area contributed by atoms with Gasteiger partial charge in [-0.3, -0.25) is 4.98 Å². The van der Waals surface area contributed by atoms with Crippen molar-refractivity contribution in [3.8, 4) is 0 Å². The molecule has 0 saturated heterocycles. The van der Waals surface area contributed by atoms with Crippen molar-refractivity contribution in [2.75, 3.05) is 0 Å². The topological polar surface area (TPSA) is 33.1 Å². The second kappa shape index (κ2) is 5.19. The maximum Gasteiger partial charge on any atom is 0.130 e. The number of aliphatic hydroxyl groups excluding tert-OH is 1. The minimum Gasteiger partial charge on any atom is -0.384 e. The lowest BCUT2D eigenvalue weighted by atomic mass is 9.98. The zero-order valence-corrected chi connectivity index (χ0v) is 11.2. The molecule has 4 heteroatoms. The standard InChI is InChI=1S/C16H11ClFNO/c17-10-5-6-13(14(18)9-10)16(20)12-7-8-19-15-4-2-1-3-11(12)15/h1-9,16,20H. The normalized spacial score (nSPS) is 12.6. The van der Waals surface area contributed by atoms with Gasteiger partial charge >= 0.3 is 0 Å². The molecule has 0 amide bonds. The van der Waals surface area contributed by atoms with E-state index in [-0.39, 0.29) is 5.56 Å². The Labute approximate surface area is 120 Å². The van der Waals surface area contributed by atoms with Gasteiger partial charge in [0.05, 0.1) is 5.52 Å². The number of fused-ring (bicyclic) bond motifs is 1. The summed E-state index contributed by atoms with van der Waals surface area (Å²) in [7, 11) is 0. The average Bonchev–Trinajstić information content (AvgIpc) is 2.46. The van der Waals surface area contributed by atoms with Gasteiger partial charge in [0, 0.05) is 22.2 Å². The summed E-state index contributed by atoms with van der Waals surface area (Å²) in [6.45, 7) is 0. The zero-order valence-electron chi connectivity index (χ0n) is 10.4. The molecule has 2 nitrogen and oxygen atoms in total. The Hall–Kier alpha value is -1.97. The van der Waals surface area contributed by atoms with E-state index in [2.05, 4.69) is 4.98 Å². The smallest absolute Gasteiger partial charge is 0.130 e. The first-order valence-corrected chi connectivity index (χ1v) is 6.51. The Kier molecular flexibility index (Phi) is 3.38. The molecule has 0 bridgehead atoms. The number of hydrogen-bond acceptors (Lipinski definition) is 2. The minimum atomic E-state index is -1.06. The van der Waals surface area contributed by atoms with E-state index in [0.717, 1.165) is 10.9 Å². The first-order chi connectivity index (χ1) is 9.66. The van der Waals surface area contributed by atoms with Crippen LogP contribution < -0.4 is 0 Å². The van der Waals surface area contributed by atoms with Crippen LogP contribution in [0.5, 0.6) is 0 Å². The lowest BCUT2D eigenvalue weighted by Gasteiger charge is -2.14. The molecule has 0 aliphatic rings. The number of nitrogens with zero attached hydrogens (tertiary/aromatic N) is 1. The van der Waals surface area contributed by atoms with Crippen LogP contribution in [0.3, 0.4) is 0 Å². The predicted molar refractivity (Wildman–Crippen MR) is 77.2 cm³/mol. The number of benzene rings is 2. The molecule has 0 saturated carbocycles. The van der Waals surface area contributed by atoms with Gasteiger partial charge in [-0.2, -0.15) is 0 Å². The zero-order chi connectivity index (χ0) is 14.1. The number of para-hydroxylation sites is 1. The monoisotopic (exact) mass is 287 g/mol. The first-order valence-electron chi connectivity index (χ1n) is 6.13. The molecule has 1 unspecified atom stereocenters. The van der Waals surface area contributed by atoms with Crippen LogP contribution in [0.25, 0.3) is 10.9 Å². The number of pyridine rings is 1. The summed E-state index contributed by atoms with van der Waals surface area (Å²) in [4.78, 5) is 4.23. The molecule has 0 aliphatic carbocycles. The van der Waals surface area contributed by atoms with Crippen molar-refractivity contribution in [1.29, 1.82) is 0 Å².